The van der Waals surface area contributed by atoms with Crippen LogP contribution in [0, 0.1) is 5.82 Å². The van der Waals surface area contributed by atoms with Gasteiger partial charge in [0.1, 0.15) is 11.3 Å². The molecule has 0 N–H and O–H groups in total. The molecule has 0 amide bonds. The Kier molecular flexibility index (Phi) is 3.75. The van der Waals surface area contributed by atoms with Crippen LogP contribution in [-0.4, -0.2) is 18.1 Å². The SMILES string of the molecule is COC(=O)c1ccc2nc(-c3cccc(C(F)(F)F)c3F)oc2c1. The summed E-state index contributed by atoms with van der Waals surface area (Å²) in [6, 6.07) is 7.01. The molecule has 0 spiro atoms. The van der Waals surface area contributed by atoms with Crippen molar-refractivity contribution in [2.75, 3.05) is 7.11 Å². The van der Waals surface area contributed by atoms with Gasteiger partial charge in [-0.1, -0.05) is 6.07 Å². The largest absolute Gasteiger partial charge is 0.465 e. The molecule has 0 saturated carbocycles. The molecule has 4 nitrogen and oxygen atoms in total. The maximum atomic E-state index is 14.2. The zero-order valence-corrected chi connectivity index (χ0v) is 12.1. The summed E-state index contributed by atoms with van der Waals surface area (Å²) in [5, 5.41) is 0. The molecule has 0 fully saturated rings. The molecule has 0 radical (unpaired) electrons. The molecule has 0 aliphatic rings. The fraction of sp³-hybridized carbons (Fsp3) is 0.125. The molecule has 24 heavy (non-hydrogen) atoms. The lowest BCUT2D eigenvalue weighted by atomic mass is 10.1. The second kappa shape index (κ2) is 5.63. The van der Waals surface area contributed by atoms with Crippen LogP contribution in [0.5, 0.6) is 0 Å². The van der Waals surface area contributed by atoms with Crippen LogP contribution in [0.15, 0.2) is 40.8 Å². The van der Waals surface area contributed by atoms with Gasteiger partial charge in [0.15, 0.2) is 5.58 Å². The van der Waals surface area contributed by atoms with Crippen LogP contribution in [-0.2, 0) is 10.9 Å². The number of rotatable bonds is 2. The van der Waals surface area contributed by atoms with E-state index in [0.29, 0.717) is 6.07 Å². The summed E-state index contributed by atoms with van der Waals surface area (Å²) in [6.45, 7) is 0. The Morgan fingerprint density at radius 2 is 1.96 bits per heavy atom. The van der Waals surface area contributed by atoms with E-state index in [1.54, 1.807) is 0 Å². The molecular formula is C16H9F4NO3. The molecule has 1 aromatic heterocycles. The molecule has 1 heterocycles. The van der Waals surface area contributed by atoms with Gasteiger partial charge in [0.25, 0.3) is 0 Å². The molecule has 0 aliphatic heterocycles. The number of methoxy groups -OCH3 is 1. The monoisotopic (exact) mass is 339 g/mol. The van der Waals surface area contributed by atoms with Crippen LogP contribution in [0.2, 0.25) is 0 Å². The number of aromatic nitrogens is 1. The minimum absolute atomic E-state index is 0.129. The van der Waals surface area contributed by atoms with Gasteiger partial charge < -0.3 is 9.15 Å². The van der Waals surface area contributed by atoms with Crippen molar-refractivity contribution in [3.05, 3.63) is 53.3 Å². The zero-order chi connectivity index (χ0) is 17.5. The Balaban J connectivity index is 2.12. The second-order valence-corrected chi connectivity index (χ2v) is 4.86. The van der Waals surface area contributed by atoms with Crippen molar-refractivity contribution in [2.45, 2.75) is 6.18 Å². The quantitative estimate of drug-likeness (QED) is 0.512. The molecule has 8 heteroatoms. The summed E-state index contributed by atoms with van der Waals surface area (Å²) in [7, 11) is 1.20. The van der Waals surface area contributed by atoms with Crippen LogP contribution in [0.3, 0.4) is 0 Å². The lowest BCUT2D eigenvalue weighted by Crippen LogP contribution is -2.08. The van der Waals surface area contributed by atoms with E-state index in [4.69, 9.17) is 4.42 Å². The minimum atomic E-state index is -4.83. The standard InChI is InChI=1S/C16H9F4NO3/c1-23-15(22)8-5-6-11-12(7-8)24-14(21-11)9-3-2-4-10(13(9)17)16(18,19)20/h2-7H,1H3. The predicted molar refractivity (Wildman–Crippen MR) is 75.7 cm³/mol. The van der Waals surface area contributed by atoms with Gasteiger partial charge in [0.2, 0.25) is 5.89 Å². The van der Waals surface area contributed by atoms with Crippen molar-refractivity contribution >= 4 is 17.1 Å². The number of benzene rings is 2. The summed E-state index contributed by atoms with van der Waals surface area (Å²) in [4.78, 5) is 15.4. The maximum Gasteiger partial charge on any atom is 0.419 e. The van der Waals surface area contributed by atoms with E-state index in [1.165, 1.54) is 25.3 Å². The summed E-state index contributed by atoms with van der Waals surface area (Å²) in [5.41, 5.74) is -1.24. The topological polar surface area (TPSA) is 52.3 Å². The van der Waals surface area contributed by atoms with E-state index < -0.39 is 29.1 Å². The molecule has 0 aliphatic carbocycles. The number of carbonyl (C=O) groups is 1. The number of nitrogens with zero attached hydrogens (tertiary/aromatic N) is 1. The fourth-order valence-electron chi connectivity index (χ4n) is 2.20. The van der Waals surface area contributed by atoms with Crippen molar-refractivity contribution < 1.29 is 31.5 Å². The van der Waals surface area contributed by atoms with Gasteiger partial charge in [-0.3, -0.25) is 0 Å². The highest BCUT2D eigenvalue weighted by atomic mass is 19.4. The van der Waals surface area contributed by atoms with E-state index >= 15 is 0 Å². The fourth-order valence-corrected chi connectivity index (χ4v) is 2.20. The molecule has 3 aromatic rings. The summed E-state index contributed by atoms with van der Waals surface area (Å²) >= 11 is 0. The first-order chi connectivity index (χ1) is 11.3. The average Bonchev–Trinajstić information content (AvgIpc) is 2.95. The highest BCUT2D eigenvalue weighted by Gasteiger charge is 2.35. The van der Waals surface area contributed by atoms with Gasteiger partial charge >= 0.3 is 12.1 Å². The van der Waals surface area contributed by atoms with E-state index in [1.807, 2.05) is 0 Å². The molecule has 3 rings (SSSR count). The Morgan fingerprint density at radius 3 is 2.62 bits per heavy atom. The van der Waals surface area contributed by atoms with E-state index in [2.05, 4.69) is 9.72 Å². The Morgan fingerprint density at radius 1 is 1.21 bits per heavy atom. The van der Waals surface area contributed by atoms with Crippen LogP contribution >= 0.6 is 0 Å². The highest BCUT2D eigenvalue weighted by Crippen LogP contribution is 2.36. The Bertz CT molecular complexity index is 931. The number of carbonyl (C=O) groups excluding carboxylic acids is 1. The number of fused-ring (bicyclic) bond motifs is 1. The molecule has 0 saturated heterocycles. The van der Waals surface area contributed by atoms with Crippen molar-refractivity contribution in [3.63, 3.8) is 0 Å². The smallest absolute Gasteiger partial charge is 0.419 e. The van der Waals surface area contributed by atoms with Gasteiger partial charge in [-0.05, 0) is 30.3 Å². The Hall–Kier alpha value is -2.90. The van der Waals surface area contributed by atoms with Crippen LogP contribution in [0.25, 0.3) is 22.6 Å². The molecule has 0 bridgehead atoms. The first-order valence-electron chi connectivity index (χ1n) is 6.66. The zero-order valence-electron chi connectivity index (χ0n) is 12.1. The number of ether oxygens (including phenoxy) is 1. The lowest BCUT2D eigenvalue weighted by molar-refractivity contribution is -0.139. The number of esters is 1. The minimum Gasteiger partial charge on any atom is -0.465 e. The molecule has 0 unspecified atom stereocenters. The summed E-state index contributed by atoms with van der Waals surface area (Å²) < 4.78 is 62.4. The Labute approximate surface area is 132 Å². The third-order valence-corrected chi connectivity index (χ3v) is 3.34. The summed E-state index contributed by atoms with van der Waals surface area (Å²) in [6.07, 6.45) is -4.83. The van der Waals surface area contributed by atoms with Gasteiger partial charge in [-0.15, -0.1) is 0 Å². The number of halogens is 4. The van der Waals surface area contributed by atoms with Crippen molar-refractivity contribution in [1.82, 2.24) is 4.98 Å². The maximum absolute atomic E-state index is 14.2. The van der Waals surface area contributed by atoms with Crippen molar-refractivity contribution in [1.29, 1.82) is 0 Å². The normalized spacial score (nSPS) is 11.7. The first kappa shape index (κ1) is 16.0. The molecular weight excluding hydrogens is 330 g/mol. The van der Waals surface area contributed by atoms with Crippen LogP contribution < -0.4 is 0 Å². The lowest BCUT2D eigenvalue weighted by Gasteiger charge is -2.09. The summed E-state index contributed by atoms with van der Waals surface area (Å²) in [5.74, 6) is -2.39. The van der Waals surface area contributed by atoms with Gasteiger partial charge in [-0.25, -0.2) is 14.2 Å². The van der Waals surface area contributed by atoms with Gasteiger partial charge in [0, 0.05) is 0 Å². The molecule has 124 valence electrons. The molecule has 0 atom stereocenters. The first-order valence-corrected chi connectivity index (χ1v) is 6.66. The third-order valence-electron chi connectivity index (χ3n) is 3.34. The van der Waals surface area contributed by atoms with E-state index in [0.717, 1.165) is 12.1 Å². The molecule has 2 aromatic carbocycles. The van der Waals surface area contributed by atoms with E-state index in [9.17, 15) is 22.4 Å². The number of alkyl halides is 3. The highest BCUT2D eigenvalue weighted by molar-refractivity contribution is 5.93. The predicted octanol–water partition coefficient (Wildman–Crippen LogP) is 4.44. The third kappa shape index (κ3) is 2.70. The van der Waals surface area contributed by atoms with Gasteiger partial charge in [-0.2, -0.15) is 13.2 Å². The number of hydrogen-bond acceptors (Lipinski definition) is 4. The number of hydrogen-bond donors (Lipinski definition) is 0. The second-order valence-electron chi connectivity index (χ2n) is 4.86. The average molecular weight is 339 g/mol. The van der Waals surface area contributed by atoms with Crippen LogP contribution in [0.4, 0.5) is 17.6 Å². The van der Waals surface area contributed by atoms with Crippen LogP contribution in [0.1, 0.15) is 15.9 Å². The van der Waals surface area contributed by atoms with Crippen molar-refractivity contribution in [2.24, 2.45) is 0 Å². The van der Waals surface area contributed by atoms with Crippen molar-refractivity contribution in [3.8, 4) is 11.5 Å². The van der Waals surface area contributed by atoms with E-state index in [-0.39, 0.29) is 22.6 Å². The number of oxazole rings is 1. The van der Waals surface area contributed by atoms with Gasteiger partial charge in [0.05, 0.1) is 23.8 Å².